The summed E-state index contributed by atoms with van der Waals surface area (Å²) < 4.78 is 5.43. The highest BCUT2D eigenvalue weighted by atomic mass is 16.6. The van der Waals surface area contributed by atoms with Crippen LogP contribution in [0.2, 0.25) is 0 Å². The van der Waals surface area contributed by atoms with Crippen molar-refractivity contribution in [2.45, 2.75) is 51.3 Å². The topological polar surface area (TPSA) is 70.1 Å². The number of nitrogens with zero attached hydrogens (tertiary/aromatic N) is 2. The summed E-state index contributed by atoms with van der Waals surface area (Å²) in [5.74, 6) is -0.815. The summed E-state index contributed by atoms with van der Waals surface area (Å²) in [6, 6.07) is 0.181. The number of piperazine rings is 1. The Morgan fingerprint density at radius 3 is 2.16 bits per heavy atom. The summed E-state index contributed by atoms with van der Waals surface area (Å²) >= 11 is 0. The fraction of sp³-hybridized carbons (Fsp3) is 0.846. The first-order chi connectivity index (χ1) is 8.76. The van der Waals surface area contributed by atoms with E-state index in [0.29, 0.717) is 13.1 Å². The number of ether oxygens (including phenoxy) is 1. The summed E-state index contributed by atoms with van der Waals surface area (Å²) in [6.45, 7) is 6.87. The summed E-state index contributed by atoms with van der Waals surface area (Å²) in [4.78, 5) is 26.6. The lowest BCUT2D eigenvalue weighted by molar-refractivity contribution is -0.139. The second kappa shape index (κ2) is 5.00. The van der Waals surface area contributed by atoms with Gasteiger partial charge in [-0.05, 0) is 33.6 Å². The zero-order valence-corrected chi connectivity index (χ0v) is 11.8. The van der Waals surface area contributed by atoms with E-state index >= 15 is 0 Å². The molecule has 2 aliphatic rings. The van der Waals surface area contributed by atoms with Gasteiger partial charge in [-0.3, -0.25) is 14.6 Å². The van der Waals surface area contributed by atoms with Crippen molar-refractivity contribution in [1.29, 1.82) is 0 Å². The molecule has 1 N–H and O–H groups in total. The van der Waals surface area contributed by atoms with Crippen LogP contribution in [0.25, 0.3) is 0 Å². The van der Waals surface area contributed by atoms with E-state index < -0.39 is 11.6 Å². The van der Waals surface area contributed by atoms with Crippen LogP contribution in [0, 0.1) is 0 Å². The normalized spacial score (nSPS) is 27.4. The molecule has 2 heterocycles. The van der Waals surface area contributed by atoms with Gasteiger partial charge in [-0.1, -0.05) is 0 Å². The van der Waals surface area contributed by atoms with Crippen LogP contribution in [0.4, 0.5) is 4.79 Å². The predicted molar refractivity (Wildman–Crippen MR) is 69.0 cm³/mol. The highest BCUT2D eigenvalue weighted by molar-refractivity contribution is 5.70. The van der Waals surface area contributed by atoms with Crippen molar-refractivity contribution in [2.75, 3.05) is 19.6 Å². The Morgan fingerprint density at radius 2 is 1.74 bits per heavy atom. The number of aliphatic carboxylic acids is 1. The molecule has 0 unspecified atom stereocenters. The molecule has 108 valence electrons. The van der Waals surface area contributed by atoms with Crippen molar-refractivity contribution in [3.05, 3.63) is 0 Å². The molecule has 2 fully saturated rings. The predicted octanol–water partition coefficient (Wildman–Crippen LogP) is 1.15. The number of carbonyl (C=O) groups is 2. The smallest absolute Gasteiger partial charge is 0.410 e. The zero-order chi connectivity index (χ0) is 14.2. The summed E-state index contributed by atoms with van der Waals surface area (Å²) in [5.41, 5.74) is -0.491. The fourth-order valence-electron chi connectivity index (χ4n) is 2.92. The molecule has 0 aromatic rings. The number of rotatable bonds is 2. The third-order valence-electron chi connectivity index (χ3n) is 3.52. The molecule has 6 heteroatoms. The summed E-state index contributed by atoms with van der Waals surface area (Å²) in [6.07, 6.45) is 1.59. The number of fused-ring (bicyclic) bond motifs is 2. The van der Waals surface area contributed by atoms with Gasteiger partial charge in [0.2, 0.25) is 0 Å². The minimum atomic E-state index is -0.815. The molecule has 2 rings (SSSR count). The number of amides is 1. The van der Waals surface area contributed by atoms with Crippen molar-refractivity contribution in [1.82, 2.24) is 9.80 Å². The molecule has 6 nitrogen and oxygen atoms in total. The first-order valence-corrected chi connectivity index (χ1v) is 6.72. The molecule has 2 bridgehead atoms. The highest BCUT2D eigenvalue weighted by Gasteiger charge is 2.44. The molecule has 0 aromatic carbocycles. The maximum absolute atomic E-state index is 12.2. The lowest BCUT2D eigenvalue weighted by Crippen LogP contribution is -2.57. The van der Waals surface area contributed by atoms with Crippen LogP contribution in [-0.4, -0.2) is 64.3 Å². The van der Waals surface area contributed by atoms with Gasteiger partial charge in [0.1, 0.15) is 5.60 Å². The maximum Gasteiger partial charge on any atom is 0.410 e. The first-order valence-electron chi connectivity index (χ1n) is 6.72. The van der Waals surface area contributed by atoms with Crippen molar-refractivity contribution in [3.8, 4) is 0 Å². The SMILES string of the molecule is CC(C)(C)OC(=O)N1[C@@H]2CC[C@H]1CN(CC(=O)O)C2. The molecule has 1 amide bonds. The van der Waals surface area contributed by atoms with E-state index in [0.717, 1.165) is 12.8 Å². The van der Waals surface area contributed by atoms with Gasteiger partial charge in [0.05, 0.1) is 6.54 Å². The van der Waals surface area contributed by atoms with Crippen LogP contribution < -0.4 is 0 Å². The van der Waals surface area contributed by atoms with E-state index in [4.69, 9.17) is 9.84 Å². The van der Waals surface area contributed by atoms with Crippen LogP contribution >= 0.6 is 0 Å². The average molecular weight is 270 g/mol. The Kier molecular flexibility index (Phi) is 3.71. The Labute approximate surface area is 113 Å². The number of carboxylic acid groups (broad SMARTS) is 1. The fourth-order valence-corrected chi connectivity index (χ4v) is 2.92. The van der Waals surface area contributed by atoms with Crippen LogP contribution in [0.1, 0.15) is 33.6 Å². The third-order valence-corrected chi connectivity index (χ3v) is 3.52. The molecule has 0 aliphatic carbocycles. The molecule has 0 aromatic heterocycles. The molecular weight excluding hydrogens is 248 g/mol. The van der Waals surface area contributed by atoms with E-state index in [1.54, 1.807) is 0 Å². The Hall–Kier alpha value is -1.30. The summed E-state index contributed by atoms with van der Waals surface area (Å²) in [5, 5.41) is 8.84. The van der Waals surface area contributed by atoms with E-state index in [2.05, 4.69) is 0 Å². The number of carbonyl (C=O) groups excluding carboxylic acids is 1. The molecule has 0 saturated carbocycles. The molecule has 2 atom stereocenters. The van der Waals surface area contributed by atoms with Gasteiger partial charge in [-0.2, -0.15) is 0 Å². The van der Waals surface area contributed by atoms with E-state index in [9.17, 15) is 9.59 Å². The molecule has 0 spiro atoms. The zero-order valence-electron chi connectivity index (χ0n) is 11.8. The third kappa shape index (κ3) is 3.37. The summed E-state index contributed by atoms with van der Waals surface area (Å²) in [7, 11) is 0. The lowest BCUT2D eigenvalue weighted by atomic mass is 10.2. The lowest BCUT2D eigenvalue weighted by Gasteiger charge is -2.40. The number of likely N-dealkylation sites (tertiary alicyclic amines) is 1. The van der Waals surface area contributed by atoms with Crippen molar-refractivity contribution < 1.29 is 19.4 Å². The molecule has 0 radical (unpaired) electrons. The highest BCUT2D eigenvalue weighted by Crippen LogP contribution is 2.31. The Balaban J connectivity index is 1.99. The van der Waals surface area contributed by atoms with Crippen molar-refractivity contribution in [3.63, 3.8) is 0 Å². The number of carboxylic acids is 1. The van der Waals surface area contributed by atoms with Gasteiger partial charge in [-0.15, -0.1) is 0 Å². The van der Waals surface area contributed by atoms with Gasteiger partial charge in [0.25, 0.3) is 0 Å². The standard InChI is InChI=1S/C13H22N2O4/c1-13(2,3)19-12(18)15-9-4-5-10(15)7-14(6-9)8-11(16)17/h9-10H,4-8H2,1-3H3,(H,16,17)/t9-,10+. The second-order valence-electron chi connectivity index (χ2n) is 6.36. The van der Waals surface area contributed by atoms with Crippen LogP contribution in [0.3, 0.4) is 0 Å². The molecular formula is C13H22N2O4. The van der Waals surface area contributed by atoms with Gasteiger partial charge in [0.15, 0.2) is 0 Å². The van der Waals surface area contributed by atoms with Gasteiger partial charge in [0, 0.05) is 25.2 Å². The number of hydrogen-bond donors (Lipinski definition) is 1. The van der Waals surface area contributed by atoms with Crippen molar-refractivity contribution in [2.24, 2.45) is 0 Å². The van der Waals surface area contributed by atoms with Gasteiger partial charge >= 0.3 is 12.1 Å². The van der Waals surface area contributed by atoms with E-state index in [-0.39, 0.29) is 24.7 Å². The Bertz CT molecular complexity index is 363. The molecule has 2 aliphatic heterocycles. The number of hydrogen-bond acceptors (Lipinski definition) is 4. The van der Waals surface area contributed by atoms with E-state index in [1.807, 2.05) is 30.6 Å². The van der Waals surface area contributed by atoms with E-state index in [1.165, 1.54) is 0 Å². The monoisotopic (exact) mass is 270 g/mol. The Morgan fingerprint density at radius 1 is 1.21 bits per heavy atom. The van der Waals surface area contributed by atoms with Crippen LogP contribution in [0.5, 0.6) is 0 Å². The largest absolute Gasteiger partial charge is 0.480 e. The minimum Gasteiger partial charge on any atom is -0.480 e. The first kappa shape index (κ1) is 14.1. The molecule has 2 saturated heterocycles. The minimum absolute atomic E-state index is 0.0508. The van der Waals surface area contributed by atoms with Crippen LogP contribution in [-0.2, 0) is 9.53 Å². The van der Waals surface area contributed by atoms with Crippen LogP contribution in [0.15, 0.2) is 0 Å². The van der Waals surface area contributed by atoms with Gasteiger partial charge < -0.3 is 9.84 Å². The maximum atomic E-state index is 12.2. The molecule has 19 heavy (non-hydrogen) atoms. The van der Waals surface area contributed by atoms with Crippen molar-refractivity contribution >= 4 is 12.1 Å². The quantitative estimate of drug-likeness (QED) is 0.815. The van der Waals surface area contributed by atoms with Gasteiger partial charge in [-0.25, -0.2) is 4.79 Å². The average Bonchev–Trinajstić information content (AvgIpc) is 2.47. The second-order valence-corrected chi connectivity index (χ2v) is 6.36.